The van der Waals surface area contributed by atoms with E-state index in [9.17, 15) is 9.90 Å². The zero-order valence-electron chi connectivity index (χ0n) is 15.5. The van der Waals surface area contributed by atoms with Crippen molar-refractivity contribution in [3.05, 3.63) is 46.8 Å². The zero-order chi connectivity index (χ0) is 18.2. The molecule has 1 heterocycles. The van der Waals surface area contributed by atoms with Gasteiger partial charge in [-0.05, 0) is 57.2 Å². The predicted octanol–water partition coefficient (Wildman–Crippen LogP) is 2.77. The molecule has 5 heteroatoms. The summed E-state index contributed by atoms with van der Waals surface area (Å²) >= 11 is 0. The Morgan fingerprint density at radius 2 is 1.96 bits per heavy atom. The van der Waals surface area contributed by atoms with Gasteiger partial charge in [-0.25, -0.2) is 4.68 Å². The van der Waals surface area contributed by atoms with E-state index in [0.717, 1.165) is 42.6 Å². The molecule has 0 saturated carbocycles. The third-order valence-corrected chi connectivity index (χ3v) is 4.69. The van der Waals surface area contributed by atoms with Crippen LogP contribution in [0.2, 0.25) is 0 Å². The maximum Gasteiger partial charge on any atom is 0.274 e. The van der Waals surface area contributed by atoms with Crippen molar-refractivity contribution in [2.45, 2.75) is 52.1 Å². The summed E-state index contributed by atoms with van der Waals surface area (Å²) in [5.41, 5.74) is 4.09. The second-order valence-electron chi connectivity index (χ2n) is 7.53. The highest BCUT2D eigenvalue weighted by Crippen LogP contribution is 2.28. The summed E-state index contributed by atoms with van der Waals surface area (Å²) in [4.78, 5) is 14.4. The molecule has 0 radical (unpaired) electrons. The fourth-order valence-electron chi connectivity index (χ4n) is 3.53. The van der Waals surface area contributed by atoms with Crippen molar-refractivity contribution >= 4 is 5.91 Å². The maximum atomic E-state index is 12.9. The van der Waals surface area contributed by atoms with E-state index in [1.807, 2.05) is 4.68 Å². The molecule has 1 aromatic carbocycles. The van der Waals surface area contributed by atoms with Crippen molar-refractivity contribution in [2.75, 3.05) is 13.6 Å². The van der Waals surface area contributed by atoms with Crippen LogP contribution in [0.5, 0.6) is 0 Å². The van der Waals surface area contributed by atoms with Crippen LogP contribution in [0.15, 0.2) is 24.3 Å². The van der Waals surface area contributed by atoms with Gasteiger partial charge in [-0.1, -0.05) is 19.1 Å². The molecule has 3 rings (SSSR count). The number of aromatic nitrogens is 2. The Kier molecular flexibility index (Phi) is 4.69. The summed E-state index contributed by atoms with van der Waals surface area (Å²) in [6.07, 6.45) is 3.89. The summed E-state index contributed by atoms with van der Waals surface area (Å²) in [7, 11) is 1.72. The number of likely N-dealkylation sites (N-methyl/N-ethyl adjacent to an activating group) is 1. The third-order valence-electron chi connectivity index (χ3n) is 4.69. The number of aliphatic hydroxyl groups is 1. The number of amides is 1. The number of aryl methyl sites for hydroxylation is 1. The number of nitrogens with zero attached hydrogens (tertiary/aromatic N) is 3. The molecular weight excluding hydrogens is 314 g/mol. The van der Waals surface area contributed by atoms with E-state index in [1.54, 1.807) is 25.8 Å². The summed E-state index contributed by atoms with van der Waals surface area (Å²) in [5.74, 6) is -0.121. The normalized spacial score (nSPS) is 13.8. The zero-order valence-corrected chi connectivity index (χ0v) is 15.5. The smallest absolute Gasteiger partial charge is 0.274 e. The molecular formula is C20H27N3O2. The van der Waals surface area contributed by atoms with E-state index in [4.69, 9.17) is 0 Å². The van der Waals surface area contributed by atoms with Crippen LogP contribution in [0, 0.1) is 0 Å². The minimum absolute atomic E-state index is 0.121. The van der Waals surface area contributed by atoms with Gasteiger partial charge in [0.05, 0.1) is 11.3 Å². The maximum absolute atomic E-state index is 12.9. The molecule has 1 aliphatic rings. The van der Waals surface area contributed by atoms with Crippen LogP contribution in [0.1, 0.15) is 54.5 Å². The molecule has 1 N–H and O–H groups in total. The summed E-state index contributed by atoms with van der Waals surface area (Å²) in [6.45, 7) is 5.82. The van der Waals surface area contributed by atoms with Crippen LogP contribution in [0.25, 0.3) is 5.69 Å². The van der Waals surface area contributed by atoms with E-state index in [2.05, 4.69) is 36.3 Å². The van der Waals surface area contributed by atoms with Gasteiger partial charge in [0.1, 0.15) is 0 Å². The minimum atomic E-state index is -0.924. The van der Waals surface area contributed by atoms with Crippen molar-refractivity contribution < 1.29 is 9.90 Å². The van der Waals surface area contributed by atoms with E-state index in [1.165, 1.54) is 5.56 Å². The molecule has 134 valence electrons. The first-order valence-corrected chi connectivity index (χ1v) is 8.98. The van der Waals surface area contributed by atoms with Crippen LogP contribution in [-0.2, 0) is 19.3 Å². The van der Waals surface area contributed by atoms with Crippen LogP contribution in [0.4, 0.5) is 0 Å². The molecule has 0 spiro atoms. The topological polar surface area (TPSA) is 58.4 Å². The molecule has 5 nitrogen and oxygen atoms in total. The van der Waals surface area contributed by atoms with Crippen molar-refractivity contribution in [2.24, 2.45) is 0 Å². The van der Waals surface area contributed by atoms with Gasteiger partial charge in [-0.2, -0.15) is 5.10 Å². The Labute approximate surface area is 149 Å². The van der Waals surface area contributed by atoms with E-state index < -0.39 is 5.60 Å². The standard InChI is InChI=1S/C20H27N3O2/c1-5-14-9-11-15(12-10-14)23-17-8-6-7-16(17)18(21-23)19(24)22(4)13-20(2,3)25/h9-12,25H,5-8,13H2,1-4H3. The van der Waals surface area contributed by atoms with Gasteiger partial charge in [0.15, 0.2) is 5.69 Å². The molecule has 0 fully saturated rings. The molecule has 0 saturated heterocycles. The van der Waals surface area contributed by atoms with Gasteiger partial charge in [0.25, 0.3) is 5.91 Å². The van der Waals surface area contributed by atoms with Gasteiger partial charge >= 0.3 is 0 Å². The Bertz CT molecular complexity index is 769. The number of carbonyl (C=O) groups excluding carboxylic acids is 1. The Morgan fingerprint density at radius 3 is 2.56 bits per heavy atom. The highest BCUT2D eigenvalue weighted by Gasteiger charge is 2.30. The highest BCUT2D eigenvalue weighted by atomic mass is 16.3. The van der Waals surface area contributed by atoms with Gasteiger partial charge in [-0.15, -0.1) is 0 Å². The molecule has 0 bridgehead atoms. The van der Waals surface area contributed by atoms with Crippen molar-refractivity contribution in [1.82, 2.24) is 14.7 Å². The van der Waals surface area contributed by atoms with E-state index >= 15 is 0 Å². The van der Waals surface area contributed by atoms with Crippen LogP contribution in [0.3, 0.4) is 0 Å². The molecule has 1 amide bonds. The number of carbonyl (C=O) groups is 1. The van der Waals surface area contributed by atoms with Gasteiger partial charge in [0.2, 0.25) is 0 Å². The first kappa shape index (κ1) is 17.7. The van der Waals surface area contributed by atoms with Crippen LogP contribution < -0.4 is 0 Å². The number of hydrogen-bond donors (Lipinski definition) is 1. The van der Waals surface area contributed by atoms with Crippen molar-refractivity contribution in [3.63, 3.8) is 0 Å². The Balaban J connectivity index is 1.95. The quantitative estimate of drug-likeness (QED) is 0.910. The molecule has 1 aliphatic carbocycles. The third kappa shape index (κ3) is 3.61. The second kappa shape index (κ2) is 6.64. The molecule has 1 aromatic heterocycles. The Hall–Kier alpha value is -2.14. The van der Waals surface area contributed by atoms with Crippen molar-refractivity contribution in [3.8, 4) is 5.69 Å². The average molecular weight is 341 g/mol. The van der Waals surface area contributed by atoms with Crippen molar-refractivity contribution in [1.29, 1.82) is 0 Å². The first-order chi connectivity index (χ1) is 11.8. The lowest BCUT2D eigenvalue weighted by Gasteiger charge is -2.25. The second-order valence-corrected chi connectivity index (χ2v) is 7.53. The molecule has 0 atom stereocenters. The minimum Gasteiger partial charge on any atom is -0.389 e. The average Bonchev–Trinajstić information content (AvgIpc) is 3.15. The largest absolute Gasteiger partial charge is 0.389 e. The van der Waals surface area contributed by atoms with Gasteiger partial charge < -0.3 is 10.0 Å². The molecule has 0 unspecified atom stereocenters. The fraction of sp³-hybridized carbons (Fsp3) is 0.500. The fourth-order valence-corrected chi connectivity index (χ4v) is 3.53. The van der Waals surface area contributed by atoms with E-state index in [0.29, 0.717) is 5.69 Å². The van der Waals surface area contributed by atoms with Crippen LogP contribution >= 0.6 is 0 Å². The Morgan fingerprint density at radius 1 is 1.28 bits per heavy atom. The summed E-state index contributed by atoms with van der Waals surface area (Å²) < 4.78 is 1.92. The lowest BCUT2D eigenvalue weighted by Crippen LogP contribution is -2.40. The number of rotatable bonds is 5. The number of hydrogen-bond acceptors (Lipinski definition) is 3. The first-order valence-electron chi connectivity index (χ1n) is 8.98. The predicted molar refractivity (Wildman–Crippen MR) is 98.2 cm³/mol. The summed E-state index contributed by atoms with van der Waals surface area (Å²) in [5, 5.41) is 14.6. The SMILES string of the molecule is CCc1ccc(-n2nc(C(=O)N(C)CC(C)(C)O)c3c2CCC3)cc1. The van der Waals surface area contributed by atoms with Gasteiger partial charge in [-0.3, -0.25) is 4.79 Å². The van der Waals surface area contributed by atoms with Gasteiger partial charge in [0, 0.05) is 24.8 Å². The molecule has 0 aliphatic heterocycles. The summed E-state index contributed by atoms with van der Waals surface area (Å²) in [6, 6.07) is 8.36. The van der Waals surface area contributed by atoms with E-state index in [-0.39, 0.29) is 12.5 Å². The number of fused-ring (bicyclic) bond motifs is 1. The molecule has 2 aromatic rings. The lowest BCUT2D eigenvalue weighted by molar-refractivity contribution is 0.0364. The lowest BCUT2D eigenvalue weighted by atomic mass is 10.1. The number of benzene rings is 1. The van der Waals surface area contributed by atoms with Crippen LogP contribution in [-0.4, -0.2) is 44.9 Å². The molecule has 25 heavy (non-hydrogen) atoms. The monoisotopic (exact) mass is 341 g/mol. The highest BCUT2D eigenvalue weighted by molar-refractivity contribution is 5.94.